The number of rotatable bonds is 10. The molecular formula is C27H29ClN2O6S. The van der Waals surface area contributed by atoms with Gasteiger partial charge < -0.3 is 19.5 Å². The van der Waals surface area contributed by atoms with E-state index in [2.05, 4.69) is 12.2 Å². The number of fused-ring (bicyclic) bond motifs is 1. The average molecular weight is 545 g/mol. The molecule has 0 aliphatic carbocycles. The van der Waals surface area contributed by atoms with Crippen LogP contribution in [-0.2, 0) is 21.2 Å². The maximum absolute atomic E-state index is 13.5. The summed E-state index contributed by atoms with van der Waals surface area (Å²) in [6.07, 6.45) is 1.03. The van der Waals surface area contributed by atoms with Crippen LogP contribution in [0.15, 0.2) is 71.6 Å². The predicted octanol–water partition coefficient (Wildman–Crippen LogP) is 4.45. The van der Waals surface area contributed by atoms with Crippen molar-refractivity contribution in [3.8, 4) is 17.2 Å². The van der Waals surface area contributed by atoms with E-state index < -0.39 is 22.0 Å². The highest BCUT2D eigenvalue weighted by Gasteiger charge is 2.37. The van der Waals surface area contributed by atoms with Gasteiger partial charge in [-0.1, -0.05) is 37.1 Å². The van der Waals surface area contributed by atoms with Crippen molar-refractivity contribution in [2.45, 2.75) is 30.8 Å². The number of benzene rings is 3. The number of ether oxygens (including phenoxy) is 3. The highest BCUT2D eigenvalue weighted by molar-refractivity contribution is 7.92. The SMILES string of the molecule is CCCc1ccc(OCCNC(=O)C2CN(S(=O)(=O)c3ccc(OC)cc3)c3cc(Cl)ccc3O2)cc1. The molecule has 1 heterocycles. The second-order valence-corrected chi connectivity index (χ2v) is 10.8. The van der Waals surface area contributed by atoms with E-state index in [0.29, 0.717) is 16.5 Å². The second kappa shape index (κ2) is 11.7. The van der Waals surface area contributed by atoms with Gasteiger partial charge in [-0.05, 0) is 66.6 Å². The first-order valence-electron chi connectivity index (χ1n) is 11.9. The van der Waals surface area contributed by atoms with Gasteiger partial charge in [0.1, 0.15) is 23.9 Å². The second-order valence-electron chi connectivity index (χ2n) is 8.46. The molecule has 8 nitrogen and oxygen atoms in total. The van der Waals surface area contributed by atoms with Gasteiger partial charge in [0.15, 0.2) is 6.10 Å². The molecule has 3 aromatic rings. The van der Waals surface area contributed by atoms with E-state index in [1.54, 1.807) is 24.3 Å². The number of carbonyl (C=O) groups is 1. The Morgan fingerprint density at radius 3 is 2.46 bits per heavy atom. The standard InChI is InChI=1S/C27H29ClN2O6S/c1-3-4-19-5-8-22(9-6-19)35-16-15-29-27(31)26-18-30(24-17-20(28)7-14-25(24)36-26)37(32,33)23-12-10-21(34-2)11-13-23/h5-14,17,26H,3-4,15-16,18H2,1-2H3,(H,29,31). The number of amides is 1. The van der Waals surface area contributed by atoms with Crippen molar-refractivity contribution < 1.29 is 27.4 Å². The fourth-order valence-corrected chi connectivity index (χ4v) is 5.60. The van der Waals surface area contributed by atoms with Gasteiger partial charge in [-0.3, -0.25) is 9.10 Å². The summed E-state index contributed by atoms with van der Waals surface area (Å²) in [5, 5.41) is 3.12. The highest BCUT2D eigenvalue weighted by atomic mass is 35.5. The summed E-state index contributed by atoms with van der Waals surface area (Å²) in [7, 11) is -2.52. The van der Waals surface area contributed by atoms with Crippen molar-refractivity contribution in [1.29, 1.82) is 0 Å². The molecule has 1 amide bonds. The van der Waals surface area contributed by atoms with E-state index in [1.165, 1.54) is 30.9 Å². The number of anilines is 1. The zero-order chi connectivity index (χ0) is 26.4. The predicted molar refractivity (Wildman–Crippen MR) is 142 cm³/mol. The van der Waals surface area contributed by atoms with Crippen LogP contribution in [0.2, 0.25) is 5.02 Å². The number of hydrogen-bond donors (Lipinski definition) is 1. The van der Waals surface area contributed by atoms with Gasteiger partial charge in [0.2, 0.25) is 0 Å². The van der Waals surface area contributed by atoms with Crippen molar-refractivity contribution in [1.82, 2.24) is 5.32 Å². The van der Waals surface area contributed by atoms with Gasteiger partial charge in [0.05, 0.1) is 30.8 Å². The average Bonchev–Trinajstić information content (AvgIpc) is 2.91. The molecule has 0 fully saturated rings. The number of hydrogen-bond acceptors (Lipinski definition) is 6. The zero-order valence-corrected chi connectivity index (χ0v) is 22.2. The van der Waals surface area contributed by atoms with Gasteiger partial charge in [-0.25, -0.2) is 8.42 Å². The zero-order valence-electron chi connectivity index (χ0n) is 20.6. The fourth-order valence-electron chi connectivity index (χ4n) is 3.96. The van der Waals surface area contributed by atoms with Crippen LogP contribution >= 0.6 is 11.6 Å². The molecule has 0 saturated carbocycles. The third-order valence-electron chi connectivity index (χ3n) is 5.86. The summed E-state index contributed by atoms with van der Waals surface area (Å²) >= 11 is 6.15. The molecule has 0 bridgehead atoms. The lowest BCUT2D eigenvalue weighted by molar-refractivity contribution is -0.127. The number of sulfonamides is 1. The third kappa shape index (κ3) is 6.29. The highest BCUT2D eigenvalue weighted by Crippen LogP contribution is 2.39. The smallest absolute Gasteiger partial charge is 0.264 e. The van der Waals surface area contributed by atoms with Crippen LogP contribution in [-0.4, -0.2) is 47.2 Å². The quantitative estimate of drug-likeness (QED) is 0.379. The maximum Gasteiger partial charge on any atom is 0.264 e. The Morgan fingerprint density at radius 1 is 1.08 bits per heavy atom. The van der Waals surface area contributed by atoms with Crippen molar-refractivity contribution in [2.75, 3.05) is 31.1 Å². The van der Waals surface area contributed by atoms with Crippen LogP contribution in [0, 0.1) is 0 Å². The fraction of sp³-hybridized carbons (Fsp3) is 0.296. The number of nitrogens with one attached hydrogen (secondary N) is 1. The van der Waals surface area contributed by atoms with Crippen LogP contribution < -0.4 is 23.8 Å². The van der Waals surface area contributed by atoms with Gasteiger partial charge in [-0.2, -0.15) is 0 Å². The lowest BCUT2D eigenvalue weighted by Gasteiger charge is -2.34. The molecule has 1 N–H and O–H groups in total. The van der Waals surface area contributed by atoms with E-state index in [0.717, 1.165) is 17.1 Å². The van der Waals surface area contributed by atoms with E-state index in [-0.39, 0.29) is 36.0 Å². The summed E-state index contributed by atoms with van der Waals surface area (Å²) in [5.41, 5.74) is 1.51. The molecule has 3 aromatic carbocycles. The molecule has 196 valence electrons. The third-order valence-corrected chi connectivity index (χ3v) is 7.89. The molecule has 0 radical (unpaired) electrons. The van der Waals surface area contributed by atoms with Crippen molar-refractivity contribution in [2.24, 2.45) is 0 Å². The summed E-state index contributed by atoms with van der Waals surface area (Å²) in [5.74, 6) is 1.04. The van der Waals surface area contributed by atoms with Crippen molar-refractivity contribution in [3.63, 3.8) is 0 Å². The molecule has 4 rings (SSSR count). The monoisotopic (exact) mass is 544 g/mol. The van der Waals surface area contributed by atoms with Gasteiger partial charge in [-0.15, -0.1) is 0 Å². The first-order chi connectivity index (χ1) is 17.8. The minimum absolute atomic E-state index is 0.0543. The van der Waals surface area contributed by atoms with Crippen LogP contribution in [0.1, 0.15) is 18.9 Å². The first kappa shape index (κ1) is 26.6. The van der Waals surface area contributed by atoms with Crippen LogP contribution in [0.25, 0.3) is 0 Å². The van der Waals surface area contributed by atoms with E-state index in [1.807, 2.05) is 24.3 Å². The first-order valence-corrected chi connectivity index (χ1v) is 13.8. The summed E-state index contributed by atoms with van der Waals surface area (Å²) in [4.78, 5) is 13.0. The maximum atomic E-state index is 13.5. The molecule has 1 aliphatic heterocycles. The van der Waals surface area contributed by atoms with Crippen molar-refractivity contribution >= 4 is 33.2 Å². The molecule has 0 aromatic heterocycles. The Morgan fingerprint density at radius 2 is 1.78 bits per heavy atom. The number of methoxy groups -OCH3 is 1. The summed E-state index contributed by atoms with van der Waals surface area (Å²) < 4.78 is 44.9. The molecule has 10 heteroatoms. The number of aryl methyl sites for hydroxylation is 1. The normalized spacial score (nSPS) is 14.9. The lowest BCUT2D eigenvalue weighted by atomic mass is 10.1. The molecule has 37 heavy (non-hydrogen) atoms. The minimum atomic E-state index is -4.02. The van der Waals surface area contributed by atoms with Crippen LogP contribution in [0.4, 0.5) is 5.69 Å². The van der Waals surface area contributed by atoms with Crippen LogP contribution in [0.5, 0.6) is 17.2 Å². The van der Waals surface area contributed by atoms with Gasteiger partial charge >= 0.3 is 0 Å². The molecule has 0 spiro atoms. The van der Waals surface area contributed by atoms with Gasteiger partial charge in [0, 0.05) is 5.02 Å². The van der Waals surface area contributed by atoms with Crippen LogP contribution in [0.3, 0.4) is 0 Å². The molecule has 1 aliphatic rings. The molecular weight excluding hydrogens is 516 g/mol. The Balaban J connectivity index is 1.44. The largest absolute Gasteiger partial charge is 0.497 e. The summed E-state index contributed by atoms with van der Waals surface area (Å²) in [6, 6.07) is 18.5. The Kier molecular flexibility index (Phi) is 8.45. The number of carbonyl (C=O) groups excluding carboxylic acids is 1. The van der Waals surface area contributed by atoms with Crippen molar-refractivity contribution in [3.05, 3.63) is 77.3 Å². The number of halogens is 1. The van der Waals surface area contributed by atoms with E-state index >= 15 is 0 Å². The number of nitrogens with zero attached hydrogens (tertiary/aromatic N) is 1. The Labute approximate surface area is 222 Å². The molecule has 0 saturated heterocycles. The van der Waals surface area contributed by atoms with E-state index in [9.17, 15) is 13.2 Å². The minimum Gasteiger partial charge on any atom is -0.497 e. The molecule has 1 unspecified atom stereocenters. The van der Waals surface area contributed by atoms with E-state index in [4.69, 9.17) is 25.8 Å². The Bertz CT molecular complexity index is 1330. The lowest BCUT2D eigenvalue weighted by Crippen LogP contribution is -2.51. The topological polar surface area (TPSA) is 94.2 Å². The molecule has 1 atom stereocenters. The Hall–Kier alpha value is -3.43. The summed E-state index contributed by atoms with van der Waals surface area (Å²) in [6.45, 7) is 2.40. The van der Waals surface area contributed by atoms with Gasteiger partial charge in [0.25, 0.3) is 15.9 Å².